The molecule has 1 aromatic carbocycles. The van der Waals surface area contributed by atoms with Crippen LogP contribution >= 0.6 is 35.2 Å². The summed E-state index contributed by atoms with van der Waals surface area (Å²) in [5.41, 5.74) is 14.5. The fourth-order valence-electron chi connectivity index (χ4n) is 9.85. The van der Waals surface area contributed by atoms with Crippen LogP contribution in [0.2, 0.25) is 0 Å². The van der Waals surface area contributed by atoms with Crippen LogP contribution in [0.25, 0.3) is 22.3 Å². The Kier molecular flexibility index (Phi) is 17.7. The van der Waals surface area contributed by atoms with Gasteiger partial charge in [-0.25, -0.2) is 43.2 Å². The van der Waals surface area contributed by atoms with Gasteiger partial charge < -0.3 is 61.0 Å². The lowest BCUT2D eigenvalue weighted by molar-refractivity contribution is -0.0633. The molecule has 7 aromatic rings. The largest absolute Gasteiger partial charge is 0.472 e. The minimum absolute atomic E-state index is 0.0279. The highest BCUT2D eigenvalue weighted by atomic mass is 32.2. The average molecular weight is 1280 g/mol. The summed E-state index contributed by atoms with van der Waals surface area (Å²) in [6, 6.07) is 10.3. The summed E-state index contributed by atoms with van der Waals surface area (Å²) < 4.78 is 102. The number of aliphatic hydroxyl groups excluding tert-OH is 2. The Morgan fingerprint density at radius 1 is 0.605 bits per heavy atom. The summed E-state index contributed by atoms with van der Waals surface area (Å²) >= 11 is 1.27. The molecule has 13 N–H and O–H groups in total. The second kappa shape index (κ2) is 25.0. The quantitative estimate of drug-likeness (QED) is 0.0293. The first-order valence-corrected chi connectivity index (χ1v) is 31.4. The van der Waals surface area contributed by atoms with Crippen molar-refractivity contribution in [2.45, 2.75) is 110 Å². The molecule has 462 valence electrons. The molecule has 15 atom stereocenters. The molecule has 86 heavy (non-hydrogen) atoms. The van der Waals surface area contributed by atoms with Gasteiger partial charge in [0, 0.05) is 54.3 Å². The minimum Gasteiger partial charge on any atom is -0.390 e. The number of hydrogen-bond acceptors (Lipinski definition) is 29. The number of phosphoric ester groups is 3. The van der Waals surface area contributed by atoms with E-state index in [0.717, 1.165) is 20.4 Å². The predicted octanol–water partition coefficient (Wildman–Crippen LogP) is -0.185. The molecule has 4 aliphatic heterocycles. The molecule has 4 saturated heterocycles. The standard InChI is InChI=1S/C45H54N15O22P3S/c46-31-6-7-57(44(65)53-31)32-8-23(61)27(77-32)13-73-83(67,68)74-15-29-25(10-34(79-29)58-12-21(41(63)56-45(58)66)17-86-22-4-2-1-3-5-22)81-85(71,72)76-16-30-26(11-35(80-30)60-20-52-37-40(60)54-43(48)55-42(37)64)82-84(69,70)75-14-28-24(62)9-33(78-28)59-19-51-36-38(47)49-18-50-39(36)59/h1-7,12,18-20,23-30,32-35,61-62H,8-11,13-17H2,(H,67,68)(H,69,70)(H,71,72)(H2,46,53,65)(H2,47,49,50)(H,56,63,66)(H3,48,54,55,64)/t23-,24-,25-,26-,27+,28+,29+,30+,32+,33+,34+,35+/m0/s1. The Morgan fingerprint density at radius 3 is 1.76 bits per heavy atom. The number of aromatic nitrogens is 12. The summed E-state index contributed by atoms with van der Waals surface area (Å²) in [6.45, 7) is -3.37. The molecule has 0 saturated carbocycles. The Balaban J connectivity index is 0.790. The molecule has 0 radical (unpaired) electrons. The normalized spacial score (nSPS) is 28.1. The Labute approximate surface area is 485 Å². The van der Waals surface area contributed by atoms with Gasteiger partial charge in [-0.3, -0.25) is 65.0 Å². The van der Waals surface area contributed by atoms with E-state index in [-0.39, 0.29) is 64.8 Å². The number of nitrogens with one attached hydrogen (secondary N) is 2. The van der Waals surface area contributed by atoms with Crippen LogP contribution in [0.4, 0.5) is 17.6 Å². The van der Waals surface area contributed by atoms with Crippen LogP contribution in [-0.4, -0.2) is 158 Å². The third-order valence-corrected chi connectivity index (χ3v) is 18.1. The molecule has 6 aromatic heterocycles. The topological polar surface area (TPSA) is 520 Å². The van der Waals surface area contributed by atoms with E-state index in [1.165, 1.54) is 52.0 Å². The average Bonchev–Trinajstić information content (AvgIpc) is 2.00. The highest BCUT2D eigenvalue weighted by Gasteiger charge is 2.48. The summed E-state index contributed by atoms with van der Waals surface area (Å²) in [6.07, 6.45) is -10.8. The molecule has 37 nitrogen and oxygen atoms in total. The molecule has 41 heteroatoms. The maximum Gasteiger partial charge on any atom is 0.472 e. The smallest absolute Gasteiger partial charge is 0.390 e. The van der Waals surface area contributed by atoms with E-state index in [9.17, 15) is 57.8 Å². The number of phosphoric acid groups is 3. The van der Waals surface area contributed by atoms with Crippen LogP contribution in [0.3, 0.4) is 0 Å². The number of imidazole rings is 2. The molecular formula is C45H54N15O22P3S. The van der Waals surface area contributed by atoms with Crippen molar-refractivity contribution < 1.29 is 84.7 Å². The van der Waals surface area contributed by atoms with Crippen molar-refractivity contribution in [3.63, 3.8) is 0 Å². The molecular weight excluding hydrogens is 1230 g/mol. The number of H-pyrrole nitrogens is 2. The molecule has 0 amide bonds. The first-order chi connectivity index (χ1) is 40.9. The van der Waals surface area contributed by atoms with Gasteiger partial charge in [0.25, 0.3) is 11.1 Å². The van der Waals surface area contributed by atoms with Gasteiger partial charge in [-0.2, -0.15) is 9.97 Å². The third-order valence-electron chi connectivity index (χ3n) is 14.0. The van der Waals surface area contributed by atoms with Gasteiger partial charge in [0.05, 0.1) is 51.3 Å². The van der Waals surface area contributed by atoms with Gasteiger partial charge in [-0.05, 0) is 18.2 Å². The number of aliphatic hydroxyl groups is 2. The van der Waals surface area contributed by atoms with Crippen molar-refractivity contribution in [1.29, 1.82) is 0 Å². The van der Waals surface area contributed by atoms with E-state index in [1.54, 1.807) is 30.3 Å². The van der Waals surface area contributed by atoms with E-state index >= 15 is 0 Å². The summed E-state index contributed by atoms with van der Waals surface area (Å²) in [5.74, 6) is -0.196. The summed E-state index contributed by atoms with van der Waals surface area (Å²) in [5, 5.41) is 21.6. The highest BCUT2D eigenvalue weighted by Crippen LogP contribution is 2.53. The fraction of sp³-hybridized carbons (Fsp3) is 0.467. The molecule has 4 fully saturated rings. The van der Waals surface area contributed by atoms with E-state index in [0.29, 0.717) is 5.65 Å². The van der Waals surface area contributed by atoms with E-state index < -0.39 is 153 Å². The van der Waals surface area contributed by atoms with Crippen LogP contribution < -0.4 is 39.7 Å². The summed E-state index contributed by atoms with van der Waals surface area (Å²) in [7, 11) is -15.8. The molecule has 11 rings (SSSR count). The number of rotatable bonds is 23. The lowest BCUT2D eigenvalue weighted by Gasteiger charge is -2.25. The Bertz CT molecular complexity index is 4030. The maximum absolute atomic E-state index is 14.1. The number of nitrogens with two attached hydrogens (primary N) is 3. The number of hydrogen-bond donors (Lipinski definition) is 10. The second-order valence-corrected chi connectivity index (χ2v) is 25.1. The molecule has 0 bridgehead atoms. The Morgan fingerprint density at radius 2 is 1.14 bits per heavy atom. The lowest BCUT2D eigenvalue weighted by atomic mass is 10.2. The van der Waals surface area contributed by atoms with Crippen molar-refractivity contribution in [3.05, 3.63) is 115 Å². The Hall–Kier alpha value is -6.48. The van der Waals surface area contributed by atoms with E-state index in [1.807, 2.05) is 0 Å². The number of nitrogens with zero attached hydrogens (tertiary/aromatic N) is 10. The zero-order valence-corrected chi connectivity index (χ0v) is 47.8. The first-order valence-electron chi connectivity index (χ1n) is 25.9. The SMILES string of the molecule is Nc1ccn([C@H]2C[C@H](O)[C@@H](COP(=O)(O)OC[C@H]3O[C@@H](n4cc(CSc5ccccc5)c(=O)[nH]c4=O)C[C@@H]3OP(=O)(O)OC[C@H]3O[C@@H](n4cnc5c(=O)[nH]c(N)nc54)C[C@@H]3OP(=O)(O)OC[C@H]3O[C@@H](n4cnc5c(N)ncnc54)C[C@@H]3O)O2)c(=O)n1. The number of benzene rings is 1. The van der Waals surface area contributed by atoms with Gasteiger partial charge in [-0.15, -0.1) is 11.8 Å². The fourth-order valence-corrected chi connectivity index (χ4v) is 13.4. The van der Waals surface area contributed by atoms with Crippen LogP contribution in [0, 0.1) is 0 Å². The number of fused-ring (bicyclic) bond motifs is 2. The third kappa shape index (κ3) is 13.8. The number of thioether (sulfide) groups is 1. The lowest BCUT2D eigenvalue weighted by Crippen LogP contribution is -2.34. The minimum atomic E-state index is -5.43. The van der Waals surface area contributed by atoms with Gasteiger partial charge in [-0.1, -0.05) is 18.2 Å². The second-order valence-electron chi connectivity index (χ2n) is 19.8. The molecule has 0 aliphatic carbocycles. The zero-order chi connectivity index (χ0) is 60.8. The monoisotopic (exact) mass is 1280 g/mol. The van der Waals surface area contributed by atoms with Gasteiger partial charge in [0.15, 0.2) is 22.6 Å². The zero-order valence-electron chi connectivity index (χ0n) is 44.3. The maximum atomic E-state index is 14.1. The van der Waals surface area contributed by atoms with Crippen molar-refractivity contribution >= 4 is 75.1 Å². The molecule has 4 aliphatic rings. The molecule has 0 spiro atoms. The van der Waals surface area contributed by atoms with Gasteiger partial charge in [0.1, 0.15) is 79.2 Å². The van der Waals surface area contributed by atoms with Crippen molar-refractivity contribution in [1.82, 2.24) is 58.1 Å². The van der Waals surface area contributed by atoms with Gasteiger partial charge in [0.2, 0.25) is 5.95 Å². The van der Waals surface area contributed by atoms with Crippen LogP contribution in [0.15, 0.2) is 91.8 Å². The number of anilines is 3. The van der Waals surface area contributed by atoms with Crippen LogP contribution in [0.1, 0.15) is 56.2 Å². The number of aromatic amines is 2. The number of ether oxygens (including phenoxy) is 4. The number of nitrogen functional groups attached to an aromatic ring is 3. The van der Waals surface area contributed by atoms with E-state index in [2.05, 4.69) is 39.9 Å². The summed E-state index contributed by atoms with van der Waals surface area (Å²) in [4.78, 5) is 114. The molecule has 3 unspecified atom stereocenters. The first kappa shape index (κ1) is 61.2. The predicted molar refractivity (Wildman–Crippen MR) is 292 cm³/mol. The van der Waals surface area contributed by atoms with Crippen molar-refractivity contribution in [2.24, 2.45) is 0 Å². The molecule has 10 heterocycles. The van der Waals surface area contributed by atoms with Crippen LogP contribution in [0.5, 0.6) is 0 Å². The van der Waals surface area contributed by atoms with E-state index in [4.69, 9.17) is 63.3 Å². The van der Waals surface area contributed by atoms with Crippen molar-refractivity contribution in [2.75, 3.05) is 43.6 Å². The highest BCUT2D eigenvalue weighted by molar-refractivity contribution is 7.98. The van der Waals surface area contributed by atoms with Crippen LogP contribution in [-0.2, 0) is 65.5 Å². The van der Waals surface area contributed by atoms with Gasteiger partial charge >= 0.3 is 34.8 Å². The van der Waals surface area contributed by atoms with Crippen molar-refractivity contribution in [3.8, 4) is 0 Å².